The van der Waals surface area contributed by atoms with Gasteiger partial charge in [-0.2, -0.15) is 0 Å². The third kappa shape index (κ3) is 1.62. The molecule has 114 valence electrons. The van der Waals surface area contributed by atoms with Crippen molar-refractivity contribution in [3.8, 4) is 0 Å². The highest BCUT2D eigenvalue weighted by Crippen LogP contribution is 2.69. The second-order valence-electron chi connectivity index (χ2n) is 5.37. The highest BCUT2D eigenvalue weighted by molar-refractivity contribution is 8.20. The van der Waals surface area contributed by atoms with Crippen molar-refractivity contribution in [1.29, 1.82) is 0 Å². The second-order valence-corrected chi connectivity index (χ2v) is 8.35. The number of esters is 1. The van der Waals surface area contributed by atoms with Gasteiger partial charge in [0.1, 0.15) is 4.75 Å². The van der Waals surface area contributed by atoms with Gasteiger partial charge in [0.2, 0.25) is 5.91 Å². The first-order chi connectivity index (χ1) is 10.6. The lowest BCUT2D eigenvalue weighted by Crippen LogP contribution is -2.46. The average Bonchev–Trinajstić information content (AvgIpc) is 3.17. The molecule has 4 rings (SSSR count). The molecule has 0 aromatic heterocycles. The van der Waals surface area contributed by atoms with Crippen LogP contribution >= 0.6 is 23.5 Å². The van der Waals surface area contributed by atoms with Gasteiger partial charge in [-0.1, -0.05) is 42.1 Å². The van der Waals surface area contributed by atoms with Crippen LogP contribution in [-0.4, -0.2) is 39.9 Å². The van der Waals surface area contributed by atoms with Gasteiger partial charge >= 0.3 is 5.97 Å². The smallest absolute Gasteiger partial charge is 0.337 e. The first kappa shape index (κ1) is 14.2. The first-order valence-corrected chi connectivity index (χ1v) is 9.06. The van der Waals surface area contributed by atoms with E-state index in [9.17, 15) is 9.59 Å². The molecule has 6 heteroatoms. The number of carbonyl (C=O) groups excluding carboxylic acids is 2. The Bertz CT molecular complexity index is 690. The second kappa shape index (κ2) is 4.80. The van der Waals surface area contributed by atoms with E-state index in [0.717, 1.165) is 11.3 Å². The van der Waals surface area contributed by atoms with Gasteiger partial charge in [-0.15, -0.1) is 11.8 Å². The molecule has 0 radical (unpaired) electrons. The number of fused-ring (bicyclic) bond motifs is 1. The fraction of sp³-hybridized carbons (Fsp3) is 0.375. The van der Waals surface area contributed by atoms with Gasteiger partial charge in [-0.25, -0.2) is 4.79 Å². The van der Waals surface area contributed by atoms with Crippen LogP contribution in [0.4, 0.5) is 0 Å². The molecule has 2 atom stereocenters. The monoisotopic (exact) mass is 333 g/mol. The van der Waals surface area contributed by atoms with Crippen LogP contribution in [0, 0.1) is 0 Å². The molecule has 3 aliphatic heterocycles. The van der Waals surface area contributed by atoms with E-state index >= 15 is 0 Å². The maximum absolute atomic E-state index is 13.0. The zero-order valence-electron chi connectivity index (χ0n) is 12.1. The molecular weight excluding hydrogens is 318 g/mol. The number of carbonyl (C=O) groups is 2. The number of benzene rings is 1. The Hall–Kier alpha value is -1.40. The van der Waals surface area contributed by atoms with Crippen molar-refractivity contribution in [2.24, 2.45) is 0 Å². The molecule has 1 aromatic rings. The van der Waals surface area contributed by atoms with E-state index in [0.29, 0.717) is 18.7 Å². The molecule has 0 aliphatic carbocycles. The Morgan fingerprint density at radius 1 is 1.36 bits per heavy atom. The summed E-state index contributed by atoms with van der Waals surface area (Å²) in [5, 5.41) is 0. The van der Waals surface area contributed by atoms with Gasteiger partial charge in [0.25, 0.3) is 0 Å². The minimum atomic E-state index is -0.781. The van der Waals surface area contributed by atoms with E-state index in [2.05, 4.69) is 0 Å². The van der Waals surface area contributed by atoms with Crippen LogP contribution in [0.5, 0.6) is 0 Å². The van der Waals surface area contributed by atoms with E-state index in [1.165, 1.54) is 0 Å². The molecule has 22 heavy (non-hydrogen) atoms. The summed E-state index contributed by atoms with van der Waals surface area (Å²) in [6, 6.07) is 9.70. The van der Waals surface area contributed by atoms with Gasteiger partial charge in [0.15, 0.2) is 4.20 Å². The Morgan fingerprint density at radius 3 is 2.86 bits per heavy atom. The maximum atomic E-state index is 13.0. The number of amides is 1. The van der Waals surface area contributed by atoms with Crippen LogP contribution in [0.3, 0.4) is 0 Å². The lowest BCUT2D eigenvalue weighted by Gasteiger charge is -2.31. The van der Waals surface area contributed by atoms with Crippen LogP contribution in [0.1, 0.15) is 12.5 Å². The molecule has 2 bridgehead atoms. The van der Waals surface area contributed by atoms with Crippen molar-refractivity contribution in [1.82, 2.24) is 4.90 Å². The summed E-state index contributed by atoms with van der Waals surface area (Å²) in [7, 11) is 0. The predicted octanol–water partition coefficient (Wildman–Crippen LogP) is 2.36. The minimum absolute atomic E-state index is 0.0850. The number of nitrogens with zero attached hydrogens (tertiary/aromatic N) is 1. The van der Waals surface area contributed by atoms with Crippen molar-refractivity contribution in [2.75, 3.05) is 18.9 Å². The molecule has 1 aromatic carbocycles. The number of ether oxygens (including phenoxy) is 1. The maximum Gasteiger partial charge on any atom is 0.337 e. The first-order valence-electron chi connectivity index (χ1n) is 7.26. The lowest BCUT2D eigenvalue weighted by molar-refractivity contribution is -0.140. The summed E-state index contributed by atoms with van der Waals surface area (Å²) in [4.78, 5) is 27.2. The summed E-state index contributed by atoms with van der Waals surface area (Å²) >= 11 is 3.23. The van der Waals surface area contributed by atoms with Gasteiger partial charge in [-0.3, -0.25) is 4.79 Å². The largest absolute Gasteiger partial charge is 0.463 e. The van der Waals surface area contributed by atoms with Crippen LogP contribution in [0.25, 0.3) is 0 Å². The number of hydrogen-bond acceptors (Lipinski definition) is 5. The van der Waals surface area contributed by atoms with Gasteiger partial charge in [0, 0.05) is 12.3 Å². The van der Waals surface area contributed by atoms with Gasteiger partial charge < -0.3 is 9.64 Å². The molecule has 0 saturated carbocycles. The Kier molecular flexibility index (Phi) is 3.10. The zero-order valence-corrected chi connectivity index (χ0v) is 13.7. The summed E-state index contributed by atoms with van der Waals surface area (Å²) < 4.78 is 3.85. The fourth-order valence-corrected chi connectivity index (χ4v) is 6.95. The van der Waals surface area contributed by atoms with Crippen molar-refractivity contribution in [3.63, 3.8) is 0 Å². The fourth-order valence-electron chi connectivity index (χ4n) is 3.29. The molecule has 0 N–H and O–H groups in total. The highest BCUT2D eigenvalue weighted by Gasteiger charge is 2.70. The minimum Gasteiger partial charge on any atom is -0.463 e. The zero-order chi connectivity index (χ0) is 15.4. The summed E-state index contributed by atoms with van der Waals surface area (Å²) in [5.41, 5.74) is 1.55. The Labute approximate surface area is 137 Å². The molecule has 4 nitrogen and oxygen atoms in total. The molecular formula is C16H15NO3S2. The van der Waals surface area contributed by atoms with E-state index < -0.39 is 8.95 Å². The Morgan fingerprint density at radius 2 is 2.14 bits per heavy atom. The third-order valence-electron chi connectivity index (χ3n) is 4.22. The number of thioether (sulfide) groups is 2. The lowest BCUT2D eigenvalue weighted by atomic mass is 9.91. The van der Waals surface area contributed by atoms with E-state index in [4.69, 9.17) is 4.74 Å². The molecule has 2 fully saturated rings. The number of hydrogen-bond donors (Lipinski definition) is 0. The van der Waals surface area contributed by atoms with E-state index in [1.807, 2.05) is 41.3 Å². The van der Waals surface area contributed by atoms with Gasteiger partial charge in [0.05, 0.1) is 12.2 Å². The van der Waals surface area contributed by atoms with Crippen molar-refractivity contribution in [2.45, 2.75) is 15.9 Å². The number of rotatable bonds is 3. The molecule has 2 unspecified atom stereocenters. The van der Waals surface area contributed by atoms with Crippen LogP contribution in [0.2, 0.25) is 0 Å². The van der Waals surface area contributed by atoms with Crippen molar-refractivity contribution >= 4 is 35.4 Å². The standard InChI is InChI=1S/C16H15NO3S2/c1-2-20-13(18)12-10-15(11-6-4-3-5-7-11)14(19)17-8-9-21-16(12,17)22-15/h3-7,10H,2,8-9H2,1H3. The quantitative estimate of drug-likeness (QED) is 0.795. The average molecular weight is 333 g/mol. The molecule has 2 saturated heterocycles. The topological polar surface area (TPSA) is 46.6 Å². The van der Waals surface area contributed by atoms with Crippen LogP contribution < -0.4 is 0 Å². The molecule has 3 heterocycles. The van der Waals surface area contributed by atoms with Crippen LogP contribution in [0.15, 0.2) is 42.0 Å². The third-order valence-corrected chi connectivity index (χ3v) is 7.61. The Balaban J connectivity index is 1.87. The molecule has 3 aliphatic rings. The summed E-state index contributed by atoms with van der Waals surface area (Å²) in [5.74, 6) is 0.627. The highest BCUT2D eigenvalue weighted by atomic mass is 32.2. The van der Waals surface area contributed by atoms with Crippen molar-refractivity contribution < 1.29 is 14.3 Å². The SMILES string of the molecule is CCOC(=O)C1=CC2(c3ccccc3)SC13SCCN3C2=O. The predicted molar refractivity (Wildman–Crippen MR) is 87.3 cm³/mol. The van der Waals surface area contributed by atoms with Gasteiger partial charge in [-0.05, 0) is 18.6 Å². The molecule has 1 spiro atoms. The normalized spacial score (nSPS) is 32.1. The van der Waals surface area contributed by atoms with Crippen LogP contribution in [-0.2, 0) is 19.1 Å². The van der Waals surface area contributed by atoms with Crippen molar-refractivity contribution in [3.05, 3.63) is 47.5 Å². The van der Waals surface area contributed by atoms with E-state index in [-0.39, 0.29) is 11.9 Å². The molecule has 1 amide bonds. The van der Waals surface area contributed by atoms with E-state index in [1.54, 1.807) is 30.4 Å². The summed E-state index contributed by atoms with van der Waals surface area (Å²) in [6.07, 6.45) is 1.84. The summed E-state index contributed by atoms with van der Waals surface area (Å²) in [6.45, 7) is 2.82.